The van der Waals surface area contributed by atoms with Gasteiger partial charge in [0.2, 0.25) is 10.9 Å². The number of pyridine rings is 2. The van der Waals surface area contributed by atoms with Crippen molar-refractivity contribution in [3.8, 4) is 40.2 Å². The minimum Gasteiger partial charge on any atom is -0.507 e. The number of aliphatic hydroxyl groups is 1. The average Bonchev–Trinajstić information content (AvgIpc) is 3.45. The van der Waals surface area contributed by atoms with Gasteiger partial charge in [0.15, 0.2) is 23.0 Å². The van der Waals surface area contributed by atoms with Crippen molar-refractivity contribution in [1.29, 1.82) is 0 Å². The number of aryl methyl sites for hydroxylation is 2. The molecule has 0 bridgehead atoms. The van der Waals surface area contributed by atoms with Crippen LogP contribution in [0.2, 0.25) is 0 Å². The van der Waals surface area contributed by atoms with Gasteiger partial charge in [0, 0.05) is 31.3 Å². The van der Waals surface area contributed by atoms with Crippen LogP contribution in [-0.4, -0.2) is 62.6 Å². The number of para-hydroxylation sites is 1. The van der Waals surface area contributed by atoms with Crippen LogP contribution in [0.5, 0.6) is 40.2 Å². The lowest BCUT2D eigenvalue weighted by molar-refractivity contribution is -0.0305. The Balaban J connectivity index is 1.61. The molecule has 2 unspecified atom stereocenters. The normalized spacial score (nSPS) is 16.1. The standard InChI is InChI=1S/C36H34N2O10/c1-36(2,44)35-23(17-13-18-25(32(43)33(17)48-35)29(40)15-9-8-10-20(39)27(15)37(18)3)26-22(46-6)14-19-24(31(26)42)30(41)16-11-12-21(45-5)34(47-7)28(16)38(19)4/h8-14,23,35,39,42-44H,1-7H3. The Bertz CT molecular complexity index is 2490. The first-order chi connectivity index (χ1) is 22.8. The molecule has 7 rings (SSSR count). The first-order valence-corrected chi connectivity index (χ1v) is 15.1. The number of phenolic OH excluding ortho intramolecular Hbond substituents is 3. The van der Waals surface area contributed by atoms with Crippen LogP contribution >= 0.6 is 0 Å². The third-order valence-electron chi connectivity index (χ3n) is 9.52. The van der Waals surface area contributed by atoms with E-state index in [2.05, 4.69) is 0 Å². The predicted octanol–water partition coefficient (Wildman–Crippen LogP) is 4.50. The molecule has 6 aromatic rings. The van der Waals surface area contributed by atoms with Crippen molar-refractivity contribution >= 4 is 43.6 Å². The second-order valence-corrected chi connectivity index (χ2v) is 12.6. The molecule has 0 aliphatic carbocycles. The monoisotopic (exact) mass is 654 g/mol. The molecule has 48 heavy (non-hydrogen) atoms. The molecular weight excluding hydrogens is 620 g/mol. The summed E-state index contributed by atoms with van der Waals surface area (Å²) in [4.78, 5) is 27.9. The van der Waals surface area contributed by atoms with Crippen LogP contribution in [0.1, 0.15) is 30.9 Å². The van der Waals surface area contributed by atoms with Crippen LogP contribution in [0.4, 0.5) is 0 Å². The third-order valence-corrected chi connectivity index (χ3v) is 9.52. The summed E-state index contributed by atoms with van der Waals surface area (Å²) in [6.45, 7) is 3.05. The van der Waals surface area contributed by atoms with E-state index in [0.29, 0.717) is 28.1 Å². The largest absolute Gasteiger partial charge is 0.507 e. The zero-order valence-electron chi connectivity index (χ0n) is 27.3. The number of nitrogens with zero attached hydrogens (tertiary/aromatic N) is 2. The van der Waals surface area contributed by atoms with Crippen molar-refractivity contribution in [3.05, 3.63) is 74.0 Å². The number of rotatable bonds is 5. The highest BCUT2D eigenvalue weighted by Gasteiger charge is 2.48. The molecule has 0 saturated heterocycles. The first kappa shape index (κ1) is 31.0. The van der Waals surface area contributed by atoms with Gasteiger partial charge in [-0.25, -0.2) is 0 Å². The summed E-state index contributed by atoms with van der Waals surface area (Å²) < 4.78 is 26.5. The molecule has 0 amide bonds. The number of ether oxygens (including phenoxy) is 4. The van der Waals surface area contributed by atoms with Crippen molar-refractivity contribution in [2.45, 2.75) is 31.5 Å². The van der Waals surface area contributed by atoms with Gasteiger partial charge in [0.25, 0.3) is 0 Å². The third kappa shape index (κ3) is 3.98. The second-order valence-electron chi connectivity index (χ2n) is 12.6. The number of aromatic nitrogens is 2. The Morgan fingerprint density at radius 3 is 2.00 bits per heavy atom. The molecule has 2 aromatic heterocycles. The lowest BCUT2D eigenvalue weighted by atomic mass is 9.80. The molecule has 0 spiro atoms. The van der Waals surface area contributed by atoms with Gasteiger partial charge in [0.05, 0.1) is 76.5 Å². The SMILES string of the molecule is COc1cc2c(c(O)c1C1c3cc4c(c(O)c3OC1C(C)(C)O)c(=O)c1cccc(O)c1n4C)c(=O)c1ccc(OC)c(OC)c1n2C. The van der Waals surface area contributed by atoms with Gasteiger partial charge in [0.1, 0.15) is 23.4 Å². The maximum Gasteiger partial charge on any atom is 0.201 e. The zero-order chi connectivity index (χ0) is 34.6. The quantitative estimate of drug-likeness (QED) is 0.195. The van der Waals surface area contributed by atoms with Crippen LogP contribution in [0, 0.1) is 0 Å². The van der Waals surface area contributed by atoms with Gasteiger partial charge < -0.3 is 48.5 Å². The molecule has 4 N–H and O–H groups in total. The fourth-order valence-corrected chi connectivity index (χ4v) is 7.33. The molecule has 4 aromatic carbocycles. The predicted molar refractivity (Wildman–Crippen MR) is 181 cm³/mol. The molecule has 12 heteroatoms. The molecule has 2 atom stereocenters. The van der Waals surface area contributed by atoms with E-state index in [4.69, 9.17) is 18.9 Å². The average molecular weight is 655 g/mol. The number of benzene rings is 4. The molecule has 3 heterocycles. The first-order valence-electron chi connectivity index (χ1n) is 15.1. The zero-order valence-corrected chi connectivity index (χ0v) is 27.3. The van der Waals surface area contributed by atoms with Crippen LogP contribution in [-0.2, 0) is 14.1 Å². The molecule has 1 aliphatic heterocycles. The summed E-state index contributed by atoms with van der Waals surface area (Å²) in [5.41, 5.74) is -0.788. The lowest BCUT2D eigenvalue weighted by Gasteiger charge is -2.31. The van der Waals surface area contributed by atoms with Crippen molar-refractivity contribution in [2.24, 2.45) is 14.1 Å². The number of fused-ring (bicyclic) bond motifs is 5. The van der Waals surface area contributed by atoms with Crippen LogP contribution in [0.25, 0.3) is 43.6 Å². The lowest BCUT2D eigenvalue weighted by Crippen LogP contribution is -2.42. The van der Waals surface area contributed by atoms with Gasteiger partial charge in [-0.05, 0) is 44.2 Å². The van der Waals surface area contributed by atoms with Crippen LogP contribution in [0.15, 0.2) is 52.1 Å². The van der Waals surface area contributed by atoms with Gasteiger partial charge in [-0.2, -0.15) is 0 Å². The summed E-state index contributed by atoms with van der Waals surface area (Å²) in [6.07, 6.45) is -1.12. The number of hydrogen-bond acceptors (Lipinski definition) is 10. The summed E-state index contributed by atoms with van der Waals surface area (Å²) >= 11 is 0. The highest BCUT2D eigenvalue weighted by Crippen LogP contribution is 2.56. The van der Waals surface area contributed by atoms with Crippen LogP contribution < -0.4 is 29.8 Å². The molecule has 0 fully saturated rings. The van der Waals surface area contributed by atoms with E-state index in [1.165, 1.54) is 41.2 Å². The number of aromatic hydroxyl groups is 3. The number of phenols is 3. The molecule has 1 aliphatic rings. The van der Waals surface area contributed by atoms with Crippen molar-refractivity contribution in [3.63, 3.8) is 0 Å². The Morgan fingerprint density at radius 2 is 1.38 bits per heavy atom. The van der Waals surface area contributed by atoms with E-state index in [0.717, 1.165) is 0 Å². The molecule has 0 radical (unpaired) electrons. The molecule has 0 saturated carbocycles. The van der Waals surface area contributed by atoms with Gasteiger partial charge in [-0.15, -0.1) is 0 Å². The number of hydrogen-bond donors (Lipinski definition) is 4. The summed E-state index contributed by atoms with van der Waals surface area (Å²) in [6, 6.07) is 11.0. The van der Waals surface area contributed by atoms with E-state index in [1.54, 1.807) is 59.6 Å². The molecule has 12 nitrogen and oxygen atoms in total. The maximum absolute atomic E-state index is 14.2. The topological polar surface area (TPSA) is 162 Å². The Kier molecular flexibility index (Phi) is 6.75. The minimum atomic E-state index is -1.57. The van der Waals surface area contributed by atoms with E-state index in [9.17, 15) is 30.0 Å². The molecular formula is C36H34N2O10. The van der Waals surface area contributed by atoms with Gasteiger partial charge in [-0.1, -0.05) is 6.07 Å². The Hall–Kier alpha value is -5.62. The van der Waals surface area contributed by atoms with E-state index >= 15 is 0 Å². The van der Waals surface area contributed by atoms with Gasteiger partial charge in [-0.3, -0.25) is 9.59 Å². The van der Waals surface area contributed by atoms with Crippen molar-refractivity contribution in [2.75, 3.05) is 21.3 Å². The summed E-state index contributed by atoms with van der Waals surface area (Å²) in [5, 5.41) is 46.4. The van der Waals surface area contributed by atoms with Crippen LogP contribution in [0.3, 0.4) is 0 Å². The highest BCUT2D eigenvalue weighted by atomic mass is 16.5. The maximum atomic E-state index is 14.2. The summed E-state index contributed by atoms with van der Waals surface area (Å²) in [5.74, 6) is -1.10. The summed E-state index contributed by atoms with van der Waals surface area (Å²) in [7, 11) is 7.76. The Labute approximate surface area is 273 Å². The highest BCUT2D eigenvalue weighted by molar-refractivity contribution is 6.02. The van der Waals surface area contributed by atoms with Gasteiger partial charge >= 0.3 is 0 Å². The smallest absolute Gasteiger partial charge is 0.201 e. The van der Waals surface area contributed by atoms with E-state index in [-0.39, 0.29) is 55.4 Å². The minimum absolute atomic E-state index is 0.00991. The molecule has 248 valence electrons. The second kappa shape index (κ2) is 10.4. The fraction of sp³-hybridized carbons (Fsp3) is 0.278. The van der Waals surface area contributed by atoms with E-state index < -0.39 is 40.0 Å². The van der Waals surface area contributed by atoms with E-state index in [1.807, 2.05) is 0 Å². The number of methoxy groups -OCH3 is 3. The Morgan fingerprint density at radius 1 is 0.771 bits per heavy atom. The fourth-order valence-electron chi connectivity index (χ4n) is 7.33. The van der Waals surface area contributed by atoms with Crippen molar-refractivity contribution in [1.82, 2.24) is 9.13 Å². The van der Waals surface area contributed by atoms with Crippen molar-refractivity contribution < 1.29 is 39.4 Å².